The fourth-order valence-corrected chi connectivity index (χ4v) is 3.22. The lowest BCUT2D eigenvalue weighted by Crippen LogP contribution is -2.45. The van der Waals surface area contributed by atoms with E-state index in [1.807, 2.05) is 0 Å². The number of thiol groups is 1. The third-order valence-electron chi connectivity index (χ3n) is 4.19. The third kappa shape index (κ3) is 3.22. The third-order valence-corrected chi connectivity index (χ3v) is 4.47. The number of morpholine rings is 1. The van der Waals surface area contributed by atoms with E-state index in [-0.39, 0.29) is 11.5 Å². The van der Waals surface area contributed by atoms with Gasteiger partial charge in [-0.3, -0.25) is 9.69 Å². The van der Waals surface area contributed by atoms with Crippen molar-refractivity contribution in [3.8, 4) is 0 Å². The Labute approximate surface area is 129 Å². The molecule has 1 aromatic rings. The predicted molar refractivity (Wildman–Crippen MR) is 80.4 cm³/mol. The maximum Gasteiger partial charge on any atom is 0.256 e. The Hall–Kier alpha value is -1.11. The summed E-state index contributed by atoms with van der Waals surface area (Å²) in [7, 11) is 0. The summed E-state index contributed by atoms with van der Waals surface area (Å²) in [5.74, 6) is -0.716. The van der Waals surface area contributed by atoms with E-state index < -0.39 is 5.82 Å². The van der Waals surface area contributed by atoms with Gasteiger partial charge in [0.2, 0.25) is 0 Å². The standard InChI is InChI=1S/C15H19FN2O2S/c16-14-2-1-12(21)9-13(14)15(19)18-4-3-11(10-18)17-5-7-20-8-6-17/h1-2,9,11,21H,3-8,10H2. The predicted octanol–water partition coefficient (Wildman–Crippen LogP) is 1.66. The summed E-state index contributed by atoms with van der Waals surface area (Å²) >= 11 is 4.18. The van der Waals surface area contributed by atoms with E-state index in [1.54, 1.807) is 11.0 Å². The van der Waals surface area contributed by atoms with Gasteiger partial charge in [-0.15, -0.1) is 12.6 Å². The molecule has 2 fully saturated rings. The highest BCUT2D eigenvalue weighted by atomic mass is 32.1. The molecule has 0 N–H and O–H groups in total. The first-order chi connectivity index (χ1) is 10.1. The molecular weight excluding hydrogens is 291 g/mol. The number of amides is 1. The van der Waals surface area contributed by atoms with Crippen molar-refractivity contribution >= 4 is 18.5 Å². The van der Waals surface area contributed by atoms with Gasteiger partial charge in [0.05, 0.1) is 18.8 Å². The molecule has 2 saturated heterocycles. The number of ether oxygens (including phenoxy) is 1. The van der Waals surface area contributed by atoms with E-state index in [0.717, 1.165) is 32.7 Å². The van der Waals surface area contributed by atoms with Crippen LogP contribution in [0, 0.1) is 5.82 Å². The minimum Gasteiger partial charge on any atom is -0.379 e. The van der Waals surface area contributed by atoms with Crippen LogP contribution in [0.3, 0.4) is 0 Å². The topological polar surface area (TPSA) is 32.8 Å². The number of hydrogen-bond acceptors (Lipinski definition) is 4. The quantitative estimate of drug-likeness (QED) is 0.844. The molecule has 1 atom stereocenters. The van der Waals surface area contributed by atoms with E-state index in [4.69, 9.17) is 4.74 Å². The van der Waals surface area contributed by atoms with E-state index in [1.165, 1.54) is 12.1 Å². The molecule has 1 aromatic carbocycles. The van der Waals surface area contributed by atoms with Crippen molar-refractivity contribution in [3.05, 3.63) is 29.6 Å². The van der Waals surface area contributed by atoms with Crippen LogP contribution in [0.5, 0.6) is 0 Å². The van der Waals surface area contributed by atoms with E-state index in [9.17, 15) is 9.18 Å². The van der Waals surface area contributed by atoms with Crippen molar-refractivity contribution in [2.75, 3.05) is 39.4 Å². The first kappa shape index (κ1) is 14.8. The molecule has 114 valence electrons. The molecular formula is C15H19FN2O2S. The van der Waals surface area contributed by atoms with Crippen molar-refractivity contribution < 1.29 is 13.9 Å². The molecule has 0 saturated carbocycles. The van der Waals surface area contributed by atoms with Crippen LogP contribution in [-0.2, 0) is 4.74 Å². The van der Waals surface area contributed by atoms with Gasteiger partial charge in [-0.1, -0.05) is 0 Å². The number of hydrogen-bond donors (Lipinski definition) is 1. The van der Waals surface area contributed by atoms with Crippen LogP contribution >= 0.6 is 12.6 Å². The number of halogens is 1. The summed E-state index contributed by atoms with van der Waals surface area (Å²) in [6.45, 7) is 4.66. The van der Waals surface area contributed by atoms with Gasteiger partial charge in [0.25, 0.3) is 5.91 Å². The summed E-state index contributed by atoms with van der Waals surface area (Å²) in [5, 5.41) is 0. The van der Waals surface area contributed by atoms with Gasteiger partial charge in [0.1, 0.15) is 5.82 Å². The molecule has 0 bridgehead atoms. The molecule has 2 aliphatic heterocycles. The van der Waals surface area contributed by atoms with Crippen LogP contribution in [0.1, 0.15) is 16.8 Å². The smallest absolute Gasteiger partial charge is 0.256 e. The largest absolute Gasteiger partial charge is 0.379 e. The van der Waals surface area contributed by atoms with Crippen LogP contribution in [0.15, 0.2) is 23.1 Å². The SMILES string of the molecule is O=C(c1cc(S)ccc1F)N1CCC(N2CCOCC2)C1. The Morgan fingerprint density at radius 2 is 2.05 bits per heavy atom. The zero-order valence-electron chi connectivity index (χ0n) is 11.8. The lowest BCUT2D eigenvalue weighted by molar-refractivity contribution is 0.0185. The Bertz CT molecular complexity index is 534. The van der Waals surface area contributed by atoms with Gasteiger partial charge in [-0.05, 0) is 24.6 Å². The summed E-state index contributed by atoms with van der Waals surface area (Å²) < 4.78 is 19.2. The Balaban J connectivity index is 1.67. The lowest BCUT2D eigenvalue weighted by Gasteiger charge is -2.32. The Kier molecular flexibility index (Phi) is 4.47. The summed E-state index contributed by atoms with van der Waals surface area (Å²) in [4.78, 5) is 17.2. The van der Waals surface area contributed by atoms with Crippen LogP contribution in [0.25, 0.3) is 0 Å². The van der Waals surface area contributed by atoms with Crippen molar-refractivity contribution in [1.82, 2.24) is 9.80 Å². The molecule has 2 heterocycles. The molecule has 3 rings (SSSR count). The minimum atomic E-state index is -0.479. The maximum absolute atomic E-state index is 13.8. The van der Waals surface area contributed by atoms with E-state index in [2.05, 4.69) is 17.5 Å². The lowest BCUT2D eigenvalue weighted by atomic mass is 10.2. The molecule has 4 nitrogen and oxygen atoms in total. The highest BCUT2D eigenvalue weighted by Gasteiger charge is 2.32. The number of rotatable bonds is 2. The molecule has 2 aliphatic rings. The van der Waals surface area contributed by atoms with Crippen molar-refractivity contribution in [2.45, 2.75) is 17.4 Å². The van der Waals surface area contributed by atoms with Gasteiger partial charge >= 0.3 is 0 Å². The highest BCUT2D eigenvalue weighted by molar-refractivity contribution is 7.80. The zero-order chi connectivity index (χ0) is 14.8. The molecule has 0 aliphatic carbocycles. The normalized spacial score (nSPS) is 23.5. The average Bonchev–Trinajstić information content (AvgIpc) is 3.00. The van der Waals surface area contributed by atoms with Crippen LogP contribution in [-0.4, -0.2) is 61.1 Å². The second-order valence-corrected chi connectivity index (χ2v) is 6.02. The summed E-state index contributed by atoms with van der Waals surface area (Å²) in [6, 6.07) is 4.71. The molecule has 0 spiro atoms. The minimum absolute atomic E-state index is 0.116. The Morgan fingerprint density at radius 1 is 1.29 bits per heavy atom. The van der Waals surface area contributed by atoms with Crippen molar-refractivity contribution in [3.63, 3.8) is 0 Å². The van der Waals surface area contributed by atoms with Crippen molar-refractivity contribution in [1.29, 1.82) is 0 Å². The van der Waals surface area contributed by atoms with E-state index in [0.29, 0.717) is 24.0 Å². The second kappa shape index (κ2) is 6.34. The summed E-state index contributed by atoms with van der Waals surface area (Å²) in [6.07, 6.45) is 0.938. The van der Waals surface area contributed by atoms with E-state index >= 15 is 0 Å². The second-order valence-electron chi connectivity index (χ2n) is 5.51. The number of benzene rings is 1. The highest BCUT2D eigenvalue weighted by Crippen LogP contribution is 2.21. The summed E-state index contributed by atoms with van der Waals surface area (Å²) in [5.41, 5.74) is 0.116. The molecule has 0 aromatic heterocycles. The number of carbonyl (C=O) groups is 1. The van der Waals surface area contributed by atoms with Gasteiger partial charge in [-0.2, -0.15) is 0 Å². The first-order valence-corrected chi connectivity index (χ1v) is 7.69. The number of likely N-dealkylation sites (tertiary alicyclic amines) is 1. The van der Waals surface area contributed by atoms with Gasteiger partial charge < -0.3 is 9.64 Å². The van der Waals surface area contributed by atoms with Crippen LogP contribution < -0.4 is 0 Å². The maximum atomic E-state index is 13.8. The fraction of sp³-hybridized carbons (Fsp3) is 0.533. The Morgan fingerprint density at radius 3 is 2.81 bits per heavy atom. The van der Waals surface area contributed by atoms with Gasteiger partial charge in [-0.25, -0.2) is 4.39 Å². The number of nitrogens with zero attached hydrogens (tertiary/aromatic N) is 2. The molecule has 1 amide bonds. The van der Waals surface area contributed by atoms with Crippen LogP contribution in [0.2, 0.25) is 0 Å². The van der Waals surface area contributed by atoms with Gasteiger partial charge in [0, 0.05) is 37.1 Å². The first-order valence-electron chi connectivity index (χ1n) is 7.25. The molecule has 6 heteroatoms. The molecule has 21 heavy (non-hydrogen) atoms. The van der Waals surface area contributed by atoms with Crippen LogP contribution in [0.4, 0.5) is 4.39 Å². The molecule has 0 radical (unpaired) electrons. The van der Waals surface area contributed by atoms with Gasteiger partial charge in [0.15, 0.2) is 0 Å². The monoisotopic (exact) mass is 310 g/mol. The van der Waals surface area contributed by atoms with Crippen molar-refractivity contribution in [2.24, 2.45) is 0 Å². The fourth-order valence-electron chi connectivity index (χ4n) is 3.01. The number of carbonyl (C=O) groups excluding carboxylic acids is 1. The zero-order valence-corrected chi connectivity index (χ0v) is 12.7. The molecule has 1 unspecified atom stereocenters. The average molecular weight is 310 g/mol.